The van der Waals surface area contributed by atoms with Crippen LogP contribution in [0, 0.1) is 17.8 Å². The highest BCUT2D eigenvalue weighted by molar-refractivity contribution is 6.32. The number of halogens is 1. The molecule has 0 aromatic carbocycles. The van der Waals surface area contributed by atoms with Gasteiger partial charge in [0.25, 0.3) is 0 Å². The Morgan fingerprint density at radius 1 is 0.966 bits per heavy atom. The lowest BCUT2D eigenvalue weighted by atomic mass is 9.75. The molecule has 0 bridgehead atoms. The summed E-state index contributed by atoms with van der Waals surface area (Å²) in [6.07, 6.45) is 22.5. The smallest absolute Gasteiger partial charge is 0.0621 e. The quantitative estimate of drug-likeness (QED) is 0.616. The van der Waals surface area contributed by atoms with Crippen LogP contribution in [0.5, 0.6) is 0 Å². The minimum atomic E-state index is 0.374. The fourth-order valence-electron chi connectivity index (χ4n) is 6.79. The van der Waals surface area contributed by atoms with E-state index in [1.807, 2.05) is 0 Å². The van der Waals surface area contributed by atoms with Gasteiger partial charge in [0.2, 0.25) is 0 Å². The van der Waals surface area contributed by atoms with Crippen molar-refractivity contribution in [3.63, 3.8) is 0 Å². The SMILES string of the molecule is ClC1=CCCC2C1=CNC1=C3C(CCC1CC1CCCCC1)C1=CNCC=C1N32. The van der Waals surface area contributed by atoms with Crippen LogP contribution >= 0.6 is 11.6 Å². The Bertz CT molecular complexity index is 855. The van der Waals surface area contributed by atoms with Gasteiger partial charge in [0.1, 0.15) is 0 Å². The monoisotopic (exact) mass is 409 g/mol. The number of fused-ring (bicyclic) bond motifs is 5. The van der Waals surface area contributed by atoms with E-state index >= 15 is 0 Å². The van der Waals surface area contributed by atoms with Gasteiger partial charge in [-0.1, -0.05) is 49.8 Å². The zero-order valence-corrected chi connectivity index (χ0v) is 18.0. The highest BCUT2D eigenvalue weighted by Gasteiger charge is 2.48. The molecule has 0 aromatic heterocycles. The zero-order chi connectivity index (χ0) is 19.4. The van der Waals surface area contributed by atoms with E-state index < -0.39 is 0 Å². The summed E-state index contributed by atoms with van der Waals surface area (Å²) in [6, 6.07) is 0.374. The molecular weight excluding hydrogens is 378 g/mol. The lowest BCUT2D eigenvalue weighted by molar-refractivity contribution is 0.264. The van der Waals surface area contributed by atoms with Gasteiger partial charge >= 0.3 is 0 Å². The largest absolute Gasteiger partial charge is 0.387 e. The summed E-state index contributed by atoms with van der Waals surface area (Å²) in [5.41, 5.74) is 7.32. The lowest BCUT2D eigenvalue weighted by Gasteiger charge is -2.38. The molecule has 0 amide bonds. The molecule has 4 heteroatoms. The zero-order valence-electron chi connectivity index (χ0n) is 17.2. The van der Waals surface area contributed by atoms with E-state index in [0.717, 1.165) is 30.3 Å². The number of dihydropyridines is 1. The van der Waals surface area contributed by atoms with E-state index in [9.17, 15) is 0 Å². The molecule has 0 radical (unpaired) electrons. The van der Waals surface area contributed by atoms with E-state index in [1.54, 1.807) is 5.70 Å². The molecule has 1 saturated heterocycles. The van der Waals surface area contributed by atoms with Crippen LogP contribution in [0.15, 0.2) is 57.8 Å². The molecule has 3 aliphatic carbocycles. The van der Waals surface area contributed by atoms with E-state index in [0.29, 0.717) is 17.9 Å². The minimum absolute atomic E-state index is 0.374. The first kappa shape index (κ1) is 18.2. The van der Waals surface area contributed by atoms with Crippen LogP contribution < -0.4 is 10.6 Å². The van der Waals surface area contributed by atoms with Crippen LogP contribution in [0.3, 0.4) is 0 Å². The van der Waals surface area contributed by atoms with Crippen molar-refractivity contribution in [1.29, 1.82) is 0 Å². The number of nitrogens with zero attached hydrogens (tertiary/aromatic N) is 1. The first-order chi connectivity index (χ1) is 14.3. The highest BCUT2D eigenvalue weighted by atomic mass is 35.5. The van der Waals surface area contributed by atoms with Crippen molar-refractivity contribution in [2.45, 2.75) is 70.3 Å². The highest BCUT2D eigenvalue weighted by Crippen LogP contribution is 2.54. The second-order valence-corrected chi connectivity index (χ2v) is 10.1. The summed E-state index contributed by atoms with van der Waals surface area (Å²) in [5, 5.41) is 8.27. The molecule has 0 spiro atoms. The summed E-state index contributed by atoms with van der Waals surface area (Å²) in [6.45, 7) is 0.930. The molecule has 6 rings (SSSR count). The van der Waals surface area contributed by atoms with Crippen LogP contribution in [0.25, 0.3) is 0 Å². The van der Waals surface area contributed by atoms with Crippen molar-refractivity contribution < 1.29 is 0 Å². The number of nitrogens with one attached hydrogen (secondary N) is 2. The molecule has 29 heavy (non-hydrogen) atoms. The minimum Gasteiger partial charge on any atom is -0.387 e. The van der Waals surface area contributed by atoms with E-state index in [-0.39, 0.29) is 0 Å². The Labute approximate surface area is 179 Å². The molecule has 3 atom stereocenters. The molecule has 3 nitrogen and oxygen atoms in total. The average Bonchev–Trinajstić information content (AvgIpc) is 2.97. The van der Waals surface area contributed by atoms with E-state index in [2.05, 4.69) is 40.1 Å². The number of hydrogen-bond donors (Lipinski definition) is 2. The fraction of sp³-hybridized carbons (Fsp3) is 0.600. The number of allylic oxidation sites excluding steroid dienone is 4. The Morgan fingerprint density at radius 2 is 1.86 bits per heavy atom. The molecule has 2 fully saturated rings. The second kappa shape index (κ2) is 7.27. The first-order valence-electron chi connectivity index (χ1n) is 11.8. The predicted molar refractivity (Wildman–Crippen MR) is 119 cm³/mol. The van der Waals surface area contributed by atoms with Gasteiger partial charge in [-0.3, -0.25) is 0 Å². The summed E-state index contributed by atoms with van der Waals surface area (Å²) in [7, 11) is 0. The van der Waals surface area contributed by atoms with Gasteiger partial charge < -0.3 is 15.5 Å². The Hall–Kier alpha value is -1.61. The third kappa shape index (κ3) is 2.91. The molecule has 2 N–H and O–H groups in total. The van der Waals surface area contributed by atoms with E-state index in [4.69, 9.17) is 11.6 Å². The van der Waals surface area contributed by atoms with Gasteiger partial charge in [0.05, 0.1) is 6.04 Å². The van der Waals surface area contributed by atoms with Crippen molar-refractivity contribution in [2.75, 3.05) is 6.54 Å². The Balaban J connectivity index is 1.43. The maximum absolute atomic E-state index is 6.72. The molecule has 0 aromatic rings. The van der Waals surface area contributed by atoms with Crippen molar-refractivity contribution in [3.05, 3.63) is 57.8 Å². The van der Waals surface area contributed by atoms with Gasteiger partial charge in [-0.05, 0) is 44.1 Å². The molecule has 154 valence electrons. The molecule has 1 saturated carbocycles. The Kier molecular flexibility index (Phi) is 4.56. The predicted octanol–water partition coefficient (Wildman–Crippen LogP) is 5.65. The topological polar surface area (TPSA) is 27.3 Å². The summed E-state index contributed by atoms with van der Waals surface area (Å²) >= 11 is 6.72. The van der Waals surface area contributed by atoms with Crippen molar-refractivity contribution in [3.8, 4) is 0 Å². The number of rotatable bonds is 2. The van der Waals surface area contributed by atoms with Crippen LogP contribution in [0.2, 0.25) is 0 Å². The van der Waals surface area contributed by atoms with Crippen molar-refractivity contribution in [1.82, 2.24) is 15.5 Å². The van der Waals surface area contributed by atoms with Gasteiger partial charge in [0.15, 0.2) is 0 Å². The third-order valence-corrected chi connectivity index (χ3v) is 8.49. The summed E-state index contributed by atoms with van der Waals surface area (Å²) in [5.74, 6) is 2.12. The second-order valence-electron chi connectivity index (χ2n) is 9.72. The standard InChI is InChI=1S/C25H32ClN3/c26-21-7-4-8-22-20(21)15-28-24-17(13-16-5-2-1-3-6-16)9-10-18-19-14-27-12-11-23(19)29(22)25(18)24/h7,11,14-18,22,27-28H,1-6,8-10,12-13H2. The summed E-state index contributed by atoms with van der Waals surface area (Å²) in [4.78, 5) is 2.70. The molecule has 3 aliphatic heterocycles. The maximum Gasteiger partial charge on any atom is 0.0621 e. The molecule has 6 aliphatic rings. The summed E-state index contributed by atoms with van der Waals surface area (Å²) < 4.78 is 0. The molecule has 3 heterocycles. The van der Waals surface area contributed by atoms with Gasteiger partial charge in [0, 0.05) is 64.1 Å². The van der Waals surface area contributed by atoms with E-state index in [1.165, 1.54) is 73.9 Å². The van der Waals surface area contributed by atoms with Crippen LogP contribution in [-0.2, 0) is 0 Å². The third-order valence-electron chi connectivity index (χ3n) is 8.12. The molecular formula is C25H32ClN3. The van der Waals surface area contributed by atoms with Crippen LogP contribution in [0.1, 0.15) is 64.2 Å². The van der Waals surface area contributed by atoms with Crippen molar-refractivity contribution >= 4 is 11.6 Å². The lowest BCUT2D eigenvalue weighted by Crippen LogP contribution is -2.36. The van der Waals surface area contributed by atoms with Crippen molar-refractivity contribution in [2.24, 2.45) is 17.8 Å². The first-order valence-corrected chi connectivity index (χ1v) is 12.2. The van der Waals surface area contributed by atoms with Gasteiger partial charge in [-0.2, -0.15) is 0 Å². The number of hydrogen-bond acceptors (Lipinski definition) is 3. The average molecular weight is 410 g/mol. The van der Waals surface area contributed by atoms with Gasteiger partial charge in [-0.25, -0.2) is 0 Å². The Morgan fingerprint density at radius 3 is 2.76 bits per heavy atom. The van der Waals surface area contributed by atoms with Gasteiger partial charge in [-0.15, -0.1) is 0 Å². The molecule has 3 unspecified atom stereocenters. The normalized spacial score (nSPS) is 33.8. The van der Waals surface area contributed by atoms with Crippen LogP contribution in [-0.4, -0.2) is 17.5 Å². The van der Waals surface area contributed by atoms with Crippen LogP contribution in [0.4, 0.5) is 0 Å². The maximum atomic E-state index is 6.72. The fourth-order valence-corrected chi connectivity index (χ4v) is 7.08.